The molecule has 0 spiro atoms. The Morgan fingerprint density at radius 2 is 1.79 bits per heavy atom. The molecule has 2 heterocycles. The first kappa shape index (κ1) is 21.0. The number of anilines is 1. The summed E-state index contributed by atoms with van der Waals surface area (Å²) in [6.07, 6.45) is 1.48. The smallest absolute Gasteiger partial charge is 0.308 e. The van der Waals surface area contributed by atoms with Crippen LogP contribution in [-0.4, -0.2) is 41.4 Å². The van der Waals surface area contributed by atoms with E-state index in [1.807, 2.05) is 6.07 Å². The molecule has 9 nitrogen and oxygen atoms in total. The summed E-state index contributed by atoms with van der Waals surface area (Å²) in [5, 5.41) is 0. The Bertz CT molecular complexity index is 1140. The predicted molar refractivity (Wildman–Crippen MR) is 114 cm³/mol. The molecule has 1 saturated heterocycles. The number of benzene rings is 2. The van der Waals surface area contributed by atoms with Gasteiger partial charge in [-0.1, -0.05) is 6.07 Å². The van der Waals surface area contributed by atoms with Crippen molar-refractivity contribution in [2.75, 3.05) is 11.7 Å². The maximum atomic E-state index is 13.3. The van der Waals surface area contributed by atoms with Gasteiger partial charge in [-0.25, -0.2) is 4.90 Å². The maximum Gasteiger partial charge on any atom is 0.308 e. The molecule has 2 aromatic rings. The summed E-state index contributed by atoms with van der Waals surface area (Å²) in [5.74, 6) is 0.0115. The molecule has 170 valence electrons. The molecule has 1 atom stereocenters. The first-order chi connectivity index (χ1) is 15.9. The summed E-state index contributed by atoms with van der Waals surface area (Å²) < 4.78 is 15.8. The third-order valence-electron chi connectivity index (χ3n) is 5.86. The molecule has 1 unspecified atom stereocenters. The van der Waals surface area contributed by atoms with Gasteiger partial charge in [0.1, 0.15) is 11.8 Å². The van der Waals surface area contributed by atoms with Crippen molar-refractivity contribution in [1.82, 2.24) is 4.90 Å². The standard InChI is InChI=1S/C24H22N2O7/c1-14(27)33-18-7-5-17(6-8-18)26-22(28)11-19(24(26)30)25(23(29)16-3-4-16)12-15-2-9-20-21(10-15)32-13-31-20/h2,5-10,16,19H,3-4,11-13H2,1H3. The van der Waals surface area contributed by atoms with E-state index in [9.17, 15) is 19.2 Å². The number of carbonyl (C=O) groups is 4. The van der Waals surface area contributed by atoms with Crippen LogP contribution >= 0.6 is 0 Å². The third-order valence-corrected chi connectivity index (χ3v) is 5.86. The zero-order valence-corrected chi connectivity index (χ0v) is 18.0. The minimum Gasteiger partial charge on any atom is -0.454 e. The molecule has 0 aromatic heterocycles. The second kappa shape index (κ2) is 8.23. The Hall–Kier alpha value is -3.88. The van der Waals surface area contributed by atoms with Crippen molar-refractivity contribution in [3.63, 3.8) is 0 Å². The van der Waals surface area contributed by atoms with Gasteiger partial charge in [-0.05, 0) is 54.8 Å². The normalized spacial score (nSPS) is 19.1. The minimum absolute atomic E-state index is 0.0897. The lowest BCUT2D eigenvalue weighted by atomic mass is 10.1. The number of amides is 3. The molecule has 0 bridgehead atoms. The lowest BCUT2D eigenvalue weighted by Crippen LogP contribution is -2.45. The Kier molecular flexibility index (Phi) is 5.24. The maximum absolute atomic E-state index is 13.3. The molecule has 2 fully saturated rings. The molecule has 3 aliphatic rings. The van der Waals surface area contributed by atoms with Gasteiger partial charge >= 0.3 is 5.97 Å². The third kappa shape index (κ3) is 4.13. The van der Waals surface area contributed by atoms with Crippen molar-refractivity contribution in [3.8, 4) is 17.2 Å². The highest BCUT2D eigenvalue weighted by Crippen LogP contribution is 2.37. The van der Waals surface area contributed by atoms with Crippen LogP contribution in [0, 0.1) is 5.92 Å². The van der Waals surface area contributed by atoms with Gasteiger partial charge in [0.25, 0.3) is 5.91 Å². The first-order valence-electron chi connectivity index (χ1n) is 10.7. The van der Waals surface area contributed by atoms with Gasteiger partial charge < -0.3 is 19.1 Å². The molecule has 1 aliphatic carbocycles. The highest BCUT2D eigenvalue weighted by Gasteiger charge is 2.47. The molecule has 2 aliphatic heterocycles. The van der Waals surface area contributed by atoms with Gasteiger partial charge in [-0.15, -0.1) is 0 Å². The molecular weight excluding hydrogens is 428 g/mol. The highest BCUT2D eigenvalue weighted by atomic mass is 16.7. The van der Waals surface area contributed by atoms with E-state index in [0.29, 0.717) is 22.9 Å². The van der Waals surface area contributed by atoms with Crippen LogP contribution in [0.4, 0.5) is 5.69 Å². The number of carbonyl (C=O) groups excluding carboxylic acids is 4. The molecule has 0 N–H and O–H groups in total. The fourth-order valence-electron chi connectivity index (χ4n) is 4.10. The van der Waals surface area contributed by atoms with Crippen LogP contribution in [0.25, 0.3) is 0 Å². The number of hydrogen-bond donors (Lipinski definition) is 0. The SMILES string of the molecule is CC(=O)Oc1ccc(N2C(=O)CC(N(Cc3ccc4c(c3)OCO4)C(=O)C3CC3)C2=O)cc1. The van der Waals surface area contributed by atoms with Crippen molar-refractivity contribution in [3.05, 3.63) is 48.0 Å². The van der Waals surface area contributed by atoms with E-state index in [1.165, 1.54) is 24.0 Å². The lowest BCUT2D eigenvalue weighted by Gasteiger charge is -2.28. The Morgan fingerprint density at radius 3 is 2.48 bits per heavy atom. The van der Waals surface area contributed by atoms with Crippen molar-refractivity contribution in [1.29, 1.82) is 0 Å². The molecule has 9 heteroatoms. The molecule has 1 saturated carbocycles. The first-order valence-corrected chi connectivity index (χ1v) is 10.7. The predicted octanol–water partition coefficient (Wildman–Crippen LogP) is 2.41. The quantitative estimate of drug-likeness (QED) is 0.378. The Balaban J connectivity index is 1.39. The van der Waals surface area contributed by atoms with Gasteiger partial charge in [0.15, 0.2) is 11.5 Å². The molecule has 33 heavy (non-hydrogen) atoms. The van der Waals surface area contributed by atoms with E-state index < -0.39 is 17.9 Å². The number of ether oxygens (including phenoxy) is 3. The van der Waals surface area contributed by atoms with E-state index in [4.69, 9.17) is 14.2 Å². The van der Waals surface area contributed by atoms with E-state index in [-0.39, 0.29) is 37.5 Å². The molecule has 3 amide bonds. The largest absolute Gasteiger partial charge is 0.454 e. The second-order valence-electron chi connectivity index (χ2n) is 8.30. The summed E-state index contributed by atoms with van der Waals surface area (Å²) in [7, 11) is 0. The summed E-state index contributed by atoms with van der Waals surface area (Å²) in [5.41, 5.74) is 1.16. The Labute approximate surface area is 189 Å². The van der Waals surface area contributed by atoms with E-state index in [0.717, 1.165) is 23.3 Å². The fourth-order valence-corrected chi connectivity index (χ4v) is 4.10. The van der Waals surface area contributed by atoms with Gasteiger partial charge in [-0.3, -0.25) is 19.2 Å². The number of rotatable bonds is 6. The number of imide groups is 1. The topological polar surface area (TPSA) is 102 Å². The van der Waals surface area contributed by atoms with Crippen LogP contribution in [0.2, 0.25) is 0 Å². The van der Waals surface area contributed by atoms with E-state index in [2.05, 4.69) is 0 Å². The second-order valence-corrected chi connectivity index (χ2v) is 8.30. The van der Waals surface area contributed by atoms with Gasteiger partial charge in [0.05, 0.1) is 12.1 Å². The number of fused-ring (bicyclic) bond motifs is 1. The average molecular weight is 450 g/mol. The van der Waals surface area contributed by atoms with Gasteiger partial charge in [-0.2, -0.15) is 0 Å². The fraction of sp³-hybridized carbons (Fsp3) is 0.333. The zero-order valence-electron chi connectivity index (χ0n) is 18.0. The number of nitrogens with zero attached hydrogens (tertiary/aromatic N) is 2. The summed E-state index contributed by atoms with van der Waals surface area (Å²) in [4.78, 5) is 53.0. The summed E-state index contributed by atoms with van der Waals surface area (Å²) in [6.45, 7) is 1.62. The number of hydrogen-bond acceptors (Lipinski definition) is 7. The lowest BCUT2D eigenvalue weighted by molar-refractivity contribution is -0.140. The van der Waals surface area contributed by atoms with Gasteiger partial charge in [0.2, 0.25) is 18.6 Å². The van der Waals surface area contributed by atoms with Crippen molar-refractivity contribution in [2.45, 2.75) is 38.8 Å². The monoisotopic (exact) mass is 450 g/mol. The average Bonchev–Trinajstić information content (AvgIpc) is 3.46. The minimum atomic E-state index is -0.885. The molecular formula is C24H22N2O7. The van der Waals surface area contributed by atoms with Crippen LogP contribution < -0.4 is 19.1 Å². The van der Waals surface area contributed by atoms with Crippen LogP contribution in [-0.2, 0) is 25.7 Å². The molecule has 5 rings (SSSR count). The molecule has 0 radical (unpaired) electrons. The van der Waals surface area contributed by atoms with E-state index in [1.54, 1.807) is 24.3 Å². The summed E-state index contributed by atoms with van der Waals surface area (Å²) >= 11 is 0. The van der Waals surface area contributed by atoms with Crippen LogP contribution in [0.1, 0.15) is 31.7 Å². The van der Waals surface area contributed by atoms with Crippen molar-refractivity contribution in [2.24, 2.45) is 5.92 Å². The van der Waals surface area contributed by atoms with Crippen molar-refractivity contribution < 1.29 is 33.4 Å². The van der Waals surface area contributed by atoms with Crippen LogP contribution in [0.3, 0.4) is 0 Å². The Morgan fingerprint density at radius 1 is 1.06 bits per heavy atom. The number of esters is 1. The van der Waals surface area contributed by atoms with E-state index >= 15 is 0 Å². The summed E-state index contributed by atoms with van der Waals surface area (Å²) in [6, 6.07) is 10.6. The molecule has 2 aromatic carbocycles. The highest BCUT2D eigenvalue weighted by molar-refractivity contribution is 6.23. The van der Waals surface area contributed by atoms with Crippen LogP contribution in [0.15, 0.2) is 42.5 Å². The zero-order chi connectivity index (χ0) is 23.1. The van der Waals surface area contributed by atoms with Crippen LogP contribution in [0.5, 0.6) is 17.2 Å². The van der Waals surface area contributed by atoms with Gasteiger partial charge in [0, 0.05) is 19.4 Å². The van der Waals surface area contributed by atoms with Crippen molar-refractivity contribution >= 4 is 29.4 Å².